The lowest BCUT2D eigenvalue weighted by Gasteiger charge is -2.23. The molecule has 1 N–H and O–H groups in total. The van der Waals surface area contributed by atoms with Gasteiger partial charge in [-0.1, -0.05) is 41.6 Å². The Morgan fingerprint density at radius 2 is 1.71 bits per heavy atom. The van der Waals surface area contributed by atoms with E-state index in [1.54, 1.807) is 0 Å². The van der Waals surface area contributed by atoms with E-state index in [1.165, 1.54) is 38.5 Å². The number of nitrogens with one attached hydrogen (secondary N) is 1. The van der Waals surface area contributed by atoms with Crippen molar-refractivity contribution in [3.8, 4) is 0 Å². The Balaban J connectivity index is 1.71. The highest BCUT2D eigenvalue weighted by molar-refractivity contribution is 9.09. The SMILES string of the molecule is O=C(NCC1CCCC1CBr)C1CCCCC1. The highest BCUT2D eigenvalue weighted by Gasteiger charge is 2.27. The van der Waals surface area contributed by atoms with Crippen molar-refractivity contribution in [3.05, 3.63) is 0 Å². The van der Waals surface area contributed by atoms with Crippen molar-refractivity contribution in [2.75, 3.05) is 11.9 Å². The quantitative estimate of drug-likeness (QED) is 0.791. The normalized spacial score (nSPS) is 30.4. The number of carbonyl (C=O) groups excluding carboxylic acids is 1. The number of hydrogen-bond donors (Lipinski definition) is 1. The third-order valence-electron chi connectivity index (χ3n) is 4.53. The molecule has 0 aromatic carbocycles. The Morgan fingerprint density at radius 3 is 2.41 bits per heavy atom. The summed E-state index contributed by atoms with van der Waals surface area (Å²) in [4.78, 5) is 12.0. The van der Waals surface area contributed by atoms with Crippen LogP contribution in [0.3, 0.4) is 0 Å². The van der Waals surface area contributed by atoms with Crippen LogP contribution in [0.25, 0.3) is 0 Å². The number of rotatable bonds is 4. The average Bonchev–Trinajstić information content (AvgIpc) is 2.84. The van der Waals surface area contributed by atoms with Gasteiger partial charge < -0.3 is 5.32 Å². The topological polar surface area (TPSA) is 29.1 Å². The summed E-state index contributed by atoms with van der Waals surface area (Å²) in [7, 11) is 0. The Bertz CT molecular complexity index is 251. The molecule has 1 amide bonds. The van der Waals surface area contributed by atoms with E-state index in [-0.39, 0.29) is 0 Å². The molecule has 0 aromatic heterocycles. The predicted molar refractivity (Wildman–Crippen MR) is 74.2 cm³/mol. The van der Waals surface area contributed by atoms with Crippen molar-refractivity contribution in [1.29, 1.82) is 0 Å². The van der Waals surface area contributed by atoms with Crippen LogP contribution in [-0.4, -0.2) is 17.8 Å². The first-order chi connectivity index (χ1) is 8.31. The minimum absolute atomic E-state index is 0.313. The fourth-order valence-corrected chi connectivity index (χ4v) is 4.18. The lowest BCUT2D eigenvalue weighted by molar-refractivity contribution is -0.126. The van der Waals surface area contributed by atoms with Crippen LogP contribution in [0.5, 0.6) is 0 Å². The smallest absolute Gasteiger partial charge is 0.223 e. The molecule has 0 heterocycles. The van der Waals surface area contributed by atoms with E-state index in [0.717, 1.165) is 30.6 Å². The van der Waals surface area contributed by atoms with Gasteiger partial charge in [0.1, 0.15) is 0 Å². The molecule has 2 nitrogen and oxygen atoms in total. The van der Waals surface area contributed by atoms with Crippen LogP contribution < -0.4 is 5.32 Å². The minimum atomic E-state index is 0.313. The van der Waals surface area contributed by atoms with Crippen LogP contribution in [0.15, 0.2) is 0 Å². The third-order valence-corrected chi connectivity index (χ3v) is 5.36. The van der Waals surface area contributed by atoms with Crippen molar-refractivity contribution in [2.24, 2.45) is 17.8 Å². The van der Waals surface area contributed by atoms with E-state index < -0.39 is 0 Å². The van der Waals surface area contributed by atoms with E-state index in [9.17, 15) is 4.79 Å². The number of amides is 1. The molecule has 98 valence electrons. The summed E-state index contributed by atoms with van der Waals surface area (Å²) in [6, 6.07) is 0. The molecular weight excluding hydrogens is 278 g/mol. The van der Waals surface area contributed by atoms with Crippen LogP contribution in [-0.2, 0) is 4.79 Å². The van der Waals surface area contributed by atoms with Gasteiger partial charge in [-0.15, -0.1) is 0 Å². The van der Waals surface area contributed by atoms with Gasteiger partial charge in [0.15, 0.2) is 0 Å². The van der Waals surface area contributed by atoms with Crippen LogP contribution >= 0.6 is 15.9 Å². The standard InChI is InChI=1S/C14H24BrNO/c15-9-12-7-4-8-13(12)10-16-14(17)11-5-2-1-3-6-11/h11-13H,1-10H2,(H,16,17). The first-order valence-electron chi connectivity index (χ1n) is 7.15. The zero-order valence-electron chi connectivity index (χ0n) is 10.6. The highest BCUT2D eigenvalue weighted by Crippen LogP contribution is 2.32. The number of hydrogen-bond acceptors (Lipinski definition) is 1. The molecule has 0 saturated heterocycles. The summed E-state index contributed by atoms with van der Waals surface area (Å²) < 4.78 is 0. The summed E-state index contributed by atoms with van der Waals surface area (Å²) in [5.41, 5.74) is 0. The fraction of sp³-hybridized carbons (Fsp3) is 0.929. The molecule has 2 unspecified atom stereocenters. The summed E-state index contributed by atoms with van der Waals surface area (Å²) in [5.74, 6) is 2.13. The monoisotopic (exact) mass is 301 g/mol. The predicted octanol–water partition coefficient (Wildman–Crippen LogP) is 3.49. The van der Waals surface area contributed by atoms with Gasteiger partial charge in [-0.05, 0) is 37.5 Å². The summed E-state index contributed by atoms with van der Waals surface area (Å²) in [6.07, 6.45) is 9.97. The number of halogens is 1. The van der Waals surface area contributed by atoms with E-state index in [4.69, 9.17) is 0 Å². The molecule has 0 radical (unpaired) electrons. The van der Waals surface area contributed by atoms with E-state index >= 15 is 0 Å². The maximum Gasteiger partial charge on any atom is 0.223 e. The van der Waals surface area contributed by atoms with Gasteiger partial charge in [0.2, 0.25) is 5.91 Å². The summed E-state index contributed by atoms with van der Waals surface area (Å²) in [5, 5.41) is 4.29. The molecule has 2 aliphatic carbocycles. The van der Waals surface area contributed by atoms with Crippen LogP contribution in [0, 0.1) is 17.8 Å². The second-order valence-electron chi connectivity index (χ2n) is 5.69. The number of carbonyl (C=O) groups is 1. The van der Waals surface area contributed by atoms with Crippen LogP contribution in [0.1, 0.15) is 51.4 Å². The Hall–Kier alpha value is -0.0500. The molecule has 0 bridgehead atoms. The van der Waals surface area contributed by atoms with E-state index in [2.05, 4.69) is 21.2 Å². The lowest BCUT2D eigenvalue weighted by Crippen LogP contribution is -2.36. The molecule has 2 rings (SSSR count). The number of alkyl halides is 1. The van der Waals surface area contributed by atoms with Gasteiger partial charge >= 0.3 is 0 Å². The maximum absolute atomic E-state index is 12.0. The second-order valence-corrected chi connectivity index (χ2v) is 6.33. The van der Waals surface area contributed by atoms with Crippen molar-refractivity contribution in [3.63, 3.8) is 0 Å². The molecule has 2 aliphatic rings. The molecule has 3 heteroatoms. The Kier molecular flexibility index (Phi) is 5.33. The van der Waals surface area contributed by atoms with Crippen molar-refractivity contribution >= 4 is 21.8 Å². The molecule has 0 aliphatic heterocycles. The van der Waals surface area contributed by atoms with Gasteiger partial charge in [0, 0.05) is 17.8 Å². The lowest BCUT2D eigenvalue weighted by atomic mass is 9.88. The van der Waals surface area contributed by atoms with Crippen molar-refractivity contribution in [2.45, 2.75) is 51.4 Å². The highest BCUT2D eigenvalue weighted by atomic mass is 79.9. The van der Waals surface area contributed by atoms with Gasteiger partial charge in [-0.25, -0.2) is 0 Å². The molecule has 2 fully saturated rings. The molecule has 2 saturated carbocycles. The van der Waals surface area contributed by atoms with Crippen LogP contribution in [0.2, 0.25) is 0 Å². The first kappa shape index (κ1) is 13.4. The molecule has 0 aromatic rings. The fourth-order valence-electron chi connectivity index (χ4n) is 3.33. The average molecular weight is 302 g/mol. The second kappa shape index (κ2) is 6.77. The molecule has 0 spiro atoms. The third kappa shape index (κ3) is 3.70. The Labute approximate surface area is 113 Å². The summed E-state index contributed by atoms with van der Waals surface area (Å²) >= 11 is 3.59. The first-order valence-corrected chi connectivity index (χ1v) is 8.27. The maximum atomic E-state index is 12.0. The zero-order chi connectivity index (χ0) is 12.1. The van der Waals surface area contributed by atoms with Gasteiger partial charge in [-0.3, -0.25) is 4.79 Å². The van der Waals surface area contributed by atoms with Gasteiger partial charge in [0.25, 0.3) is 0 Å². The van der Waals surface area contributed by atoms with Gasteiger partial charge in [-0.2, -0.15) is 0 Å². The zero-order valence-corrected chi connectivity index (χ0v) is 12.2. The minimum Gasteiger partial charge on any atom is -0.356 e. The van der Waals surface area contributed by atoms with E-state index in [1.807, 2.05) is 0 Å². The van der Waals surface area contributed by atoms with Crippen LogP contribution in [0.4, 0.5) is 0 Å². The largest absolute Gasteiger partial charge is 0.356 e. The molecule has 17 heavy (non-hydrogen) atoms. The van der Waals surface area contributed by atoms with Crippen molar-refractivity contribution < 1.29 is 4.79 Å². The summed E-state index contributed by atoms with van der Waals surface area (Å²) in [6.45, 7) is 0.908. The van der Waals surface area contributed by atoms with E-state index in [0.29, 0.717) is 17.7 Å². The van der Waals surface area contributed by atoms with Crippen molar-refractivity contribution in [1.82, 2.24) is 5.32 Å². The Morgan fingerprint density at radius 1 is 1.00 bits per heavy atom. The molecule has 2 atom stereocenters. The van der Waals surface area contributed by atoms with Gasteiger partial charge in [0.05, 0.1) is 0 Å². The molecular formula is C14H24BrNO.